The van der Waals surface area contributed by atoms with Gasteiger partial charge in [0.1, 0.15) is 0 Å². The standard InChI is InChI=1S/Cs.Mo.H3O4P.H/c;;1-5(2,3)4;/h;;(H3,1,2,3,4);. The van der Waals surface area contributed by atoms with E-state index in [9.17, 15) is 0 Å². The van der Waals surface area contributed by atoms with Gasteiger partial charge in [0.15, 0.2) is 0 Å². The molecule has 7 heavy (non-hydrogen) atoms. The molecule has 0 amide bonds. The summed E-state index contributed by atoms with van der Waals surface area (Å²) < 4.78 is 8.88. The normalized spacial score (nSPS) is 8.43. The van der Waals surface area contributed by atoms with Gasteiger partial charge < -0.3 is 14.7 Å². The molecule has 40 valence electrons. The summed E-state index contributed by atoms with van der Waals surface area (Å²) in [5.41, 5.74) is 0. The Labute approximate surface area is 114 Å². The van der Waals surface area contributed by atoms with Crippen molar-refractivity contribution in [1.82, 2.24) is 0 Å². The van der Waals surface area contributed by atoms with E-state index in [0.717, 1.165) is 0 Å². The summed E-state index contributed by atoms with van der Waals surface area (Å²) in [4.78, 5) is 21.6. The van der Waals surface area contributed by atoms with Crippen LogP contribution in [0.4, 0.5) is 0 Å². The van der Waals surface area contributed by atoms with E-state index in [2.05, 4.69) is 0 Å². The minimum atomic E-state index is -4.64. The molecule has 0 atom stereocenters. The summed E-state index contributed by atoms with van der Waals surface area (Å²) in [6.07, 6.45) is 0. The first-order valence-electron chi connectivity index (χ1n) is 0.783. The topological polar surface area (TPSA) is 77.8 Å². The molecule has 0 heterocycles. The van der Waals surface area contributed by atoms with Crippen LogP contribution in [0.3, 0.4) is 0 Å². The number of phosphoric acid groups is 1. The molecule has 0 fully saturated rings. The van der Waals surface area contributed by atoms with Gasteiger partial charge in [-0.05, 0) is 0 Å². The maximum Gasteiger partial charge on any atom is 0 e. The average molecular weight is 328 g/mol. The van der Waals surface area contributed by atoms with Crippen LogP contribution in [0.25, 0.3) is 0 Å². The SMILES string of the molecule is O=P(O)(O)O.[CsH].[Mo]. The molecule has 0 unspecified atom stereocenters. The average Bonchev–Trinajstić information content (AvgIpc) is 0.722. The van der Waals surface area contributed by atoms with Crippen LogP contribution < -0.4 is 0 Å². The summed E-state index contributed by atoms with van der Waals surface area (Å²) in [5, 5.41) is 0. The van der Waals surface area contributed by atoms with E-state index >= 15 is 0 Å². The minimum absolute atomic E-state index is 0. The fourth-order valence-electron chi connectivity index (χ4n) is 0. The summed E-state index contributed by atoms with van der Waals surface area (Å²) in [6, 6.07) is 0. The van der Waals surface area contributed by atoms with E-state index in [1.54, 1.807) is 0 Å². The van der Waals surface area contributed by atoms with Crippen LogP contribution in [0.15, 0.2) is 0 Å². The second-order valence-corrected chi connectivity index (χ2v) is 1.54. The van der Waals surface area contributed by atoms with Crippen LogP contribution in [0.5, 0.6) is 0 Å². The first-order valence-corrected chi connectivity index (χ1v) is 2.35. The van der Waals surface area contributed by atoms with Crippen LogP contribution in [-0.2, 0) is 25.6 Å². The zero-order chi connectivity index (χ0) is 4.50. The maximum absolute atomic E-state index is 8.88. The minimum Gasteiger partial charge on any atom is 0 e. The molecule has 0 spiro atoms. The summed E-state index contributed by atoms with van der Waals surface area (Å²) >= 11 is 0. The van der Waals surface area contributed by atoms with Crippen molar-refractivity contribution in [1.29, 1.82) is 0 Å². The molecule has 4 nitrogen and oxygen atoms in total. The number of hydrogen-bond acceptors (Lipinski definition) is 1. The monoisotopic (exact) mass is 330 g/mol. The molecule has 0 rings (SSSR count). The van der Waals surface area contributed by atoms with Crippen molar-refractivity contribution in [3.63, 3.8) is 0 Å². The van der Waals surface area contributed by atoms with Crippen LogP contribution in [0.2, 0.25) is 0 Å². The largest absolute Gasteiger partial charge is 0 e. The van der Waals surface area contributed by atoms with Gasteiger partial charge in [0.05, 0.1) is 0 Å². The van der Waals surface area contributed by atoms with Crippen molar-refractivity contribution < 1.29 is 40.3 Å². The third-order valence-corrected chi connectivity index (χ3v) is 0. The Kier molecular flexibility index (Phi) is 16.4. The molecule has 0 saturated carbocycles. The van der Waals surface area contributed by atoms with Gasteiger partial charge in [0.25, 0.3) is 0 Å². The predicted octanol–water partition coefficient (Wildman–Crippen LogP) is -1.58. The van der Waals surface area contributed by atoms with Crippen LogP contribution in [-0.4, -0.2) is 83.6 Å². The predicted molar refractivity (Wildman–Crippen MR) is 21.4 cm³/mol. The molecule has 0 aromatic heterocycles. The first kappa shape index (κ1) is 16.4. The van der Waals surface area contributed by atoms with E-state index in [1.807, 2.05) is 0 Å². The second-order valence-electron chi connectivity index (χ2n) is 0.513. The van der Waals surface area contributed by atoms with Gasteiger partial charge in [0.2, 0.25) is 0 Å². The van der Waals surface area contributed by atoms with E-state index in [1.165, 1.54) is 0 Å². The van der Waals surface area contributed by atoms with Crippen molar-refractivity contribution in [3.8, 4) is 0 Å². The molecule has 7 heteroatoms. The third kappa shape index (κ3) is 51.1. The zero-order valence-electron chi connectivity index (χ0n) is 2.61. The maximum atomic E-state index is 8.88. The van der Waals surface area contributed by atoms with Gasteiger partial charge >= 0.3 is 76.7 Å². The fourth-order valence-corrected chi connectivity index (χ4v) is 0. The summed E-state index contributed by atoms with van der Waals surface area (Å²) in [7, 11) is -4.64. The van der Waals surface area contributed by atoms with E-state index in [-0.39, 0.29) is 90.0 Å². The Balaban J connectivity index is -0.0000000800. The Hall–Kier alpha value is 2.85. The molecule has 0 aliphatic rings. The third-order valence-electron chi connectivity index (χ3n) is 0. The molecular formula is H4CsMoO4P. The number of hydrogen-bond donors (Lipinski definition) is 3. The van der Waals surface area contributed by atoms with Gasteiger partial charge in [-0.1, -0.05) is 0 Å². The fraction of sp³-hybridized carbons (Fsp3) is 0. The van der Waals surface area contributed by atoms with E-state index in [4.69, 9.17) is 19.2 Å². The molecule has 0 aromatic carbocycles. The zero-order valence-corrected chi connectivity index (χ0v) is 5.51. The van der Waals surface area contributed by atoms with Gasteiger partial charge in [-0.25, -0.2) is 4.57 Å². The molecule has 0 aliphatic heterocycles. The summed E-state index contributed by atoms with van der Waals surface area (Å²) in [5.74, 6) is 0. The molecule has 0 aliphatic carbocycles. The van der Waals surface area contributed by atoms with Crippen molar-refractivity contribution in [3.05, 3.63) is 0 Å². The van der Waals surface area contributed by atoms with Crippen LogP contribution >= 0.6 is 7.82 Å². The quantitative estimate of drug-likeness (QED) is 0.371. The molecular weight excluding hydrogens is 324 g/mol. The van der Waals surface area contributed by atoms with Crippen molar-refractivity contribution >= 4 is 76.7 Å². The van der Waals surface area contributed by atoms with Gasteiger partial charge in [-0.15, -0.1) is 0 Å². The second kappa shape index (κ2) is 6.96. The Bertz CT molecular complexity index is 57.8. The van der Waals surface area contributed by atoms with Gasteiger partial charge in [-0.3, -0.25) is 0 Å². The molecule has 0 radical (unpaired) electrons. The smallest absolute Gasteiger partial charge is 0 e. The van der Waals surface area contributed by atoms with Gasteiger partial charge in [0, 0.05) is 21.1 Å². The van der Waals surface area contributed by atoms with Crippen molar-refractivity contribution in [2.45, 2.75) is 0 Å². The van der Waals surface area contributed by atoms with Crippen molar-refractivity contribution in [2.75, 3.05) is 0 Å². The van der Waals surface area contributed by atoms with Crippen molar-refractivity contribution in [2.24, 2.45) is 0 Å². The van der Waals surface area contributed by atoms with Crippen LogP contribution in [0, 0.1) is 0 Å². The Morgan fingerprint density at radius 3 is 1.14 bits per heavy atom. The molecule has 0 bridgehead atoms. The molecule has 3 N–H and O–H groups in total. The molecule has 0 aromatic rings. The Morgan fingerprint density at radius 1 is 1.14 bits per heavy atom. The summed E-state index contributed by atoms with van der Waals surface area (Å²) in [6.45, 7) is 0. The van der Waals surface area contributed by atoms with E-state index in [0.29, 0.717) is 0 Å². The van der Waals surface area contributed by atoms with Crippen LogP contribution in [0.1, 0.15) is 0 Å². The number of rotatable bonds is 0. The van der Waals surface area contributed by atoms with Gasteiger partial charge in [-0.2, -0.15) is 0 Å². The Morgan fingerprint density at radius 2 is 1.14 bits per heavy atom. The first-order chi connectivity index (χ1) is 2.00. The molecule has 0 saturated heterocycles. The van der Waals surface area contributed by atoms with E-state index < -0.39 is 7.82 Å².